The van der Waals surface area contributed by atoms with E-state index in [0.29, 0.717) is 34.6 Å². The van der Waals surface area contributed by atoms with Gasteiger partial charge in [-0.05, 0) is 37.8 Å². The highest BCUT2D eigenvalue weighted by atomic mass is 35.5. The number of halogens is 2. The Bertz CT molecular complexity index is 542. The van der Waals surface area contributed by atoms with Gasteiger partial charge in [-0.15, -0.1) is 0 Å². The predicted octanol–water partition coefficient (Wildman–Crippen LogP) is 4.37. The fourth-order valence-electron chi connectivity index (χ4n) is 2.70. The lowest BCUT2D eigenvalue weighted by molar-refractivity contribution is -0.122. The topological polar surface area (TPSA) is 50.1 Å². The van der Waals surface area contributed by atoms with Crippen LogP contribution in [0, 0.1) is 17.2 Å². The summed E-state index contributed by atoms with van der Waals surface area (Å²) in [5, 5.41) is 10.1. The van der Waals surface area contributed by atoms with Crippen LogP contribution in [0.4, 0.5) is 0 Å². The first-order valence-electron chi connectivity index (χ1n) is 7.04. The second kappa shape index (κ2) is 7.26. The van der Waals surface area contributed by atoms with Gasteiger partial charge in [0, 0.05) is 28.6 Å². The van der Waals surface area contributed by atoms with Gasteiger partial charge in [-0.3, -0.25) is 4.79 Å². The van der Waals surface area contributed by atoms with Crippen LogP contribution in [-0.4, -0.2) is 18.5 Å². The van der Waals surface area contributed by atoms with Gasteiger partial charge in [-0.2, -0.15) is 5.26 Å². The maximum atomic E-state index is 12.4. The predicted molar refractivity (Wildman–Crippen MR) is 82.6 cm³/mol. The van der Waals surface area contributed by atoms with Crippen LogP contribution in [0.25, 0.3) is 0 Å². The van der Waals surface area contributed by atoms with Crippen molar-refractivity contribution in [2.75, 3.05) is 6.61 Å². The minimum atomic E-state index is -0.891. The third-order valence-corrected chi connectivity index (χ3v) is 4.48. The molecule has 112 valence electrons. The first kappa shape index (κ1) is 16.3. The number of nitriles is 1. The zero-order valence-electron chi connectivity index (χ0n) is 11.8. The van der Waals surface area contributed by atoms with E-state index in [0.717, 1.165) is 12.8 Å². The van der Waals surface area contributed by atoms with E-state index >= 15 is 0 Å². The summed E-state index contributed by atoms with van der Waals surface area (Å²) < 4.78 is 5.48. The molecule has 3 nitrogen and oxygen atoms in total. The highest BCUT2D eigenvalue weighted by Gasteiger charge is 2.34. The number of nitrogens with zero attached hydrogens (tertiary/aromatic N) is 1. The van der Waals surface area contributed by atoms with Gasteiger partial charge in [0.2, 0.25) is 0 Å². The minimum Gasteiger partial charge on any atom is -0.378 e. The fraction of sp³-hybridized carbons (Fsp3) is 0.500. The smallest absolute Gasteiger partial charge is 0.154 e. The molecule has 0 aromatic heterocycles. The zero-order valence-corrected chi connectivity index (χ0v) is 13.3. The molecule has 1 aliphatic carbocycles. The molecule has 1 aromatic carbocycles. The van der Waals surface area contributed by atoms with Gasteiger partial charge in [0.15, 0.2) is 5.78 Å². The molecule has 1 saturated carbocycles. The van der Waals surface area contributed by atoms with Crippen molar-refractivity contribution >= 4 is 29.0 Å². The van der Waals surface area contributed by atoms with Crippen LogP contribution in [0.2, 0.25) is 10.0 Å². The number of rotatable bonds is 6. The summed E-state index contributed by atoms with van der Waals surface area (Å²) in [7, 11) is 0. The van der Waals surface area contributed by atoms with Gasteiger partial charge in [0.1, 0.15) is 5.92 Å². The Morgan fingerprint density at radius 1 is 1.43 bits per heavy atom. The lowest BCUT2D eigenvalue weighted by Crippen LogP contribution is -2.33. The SMILES string of the molecule is CCOC1CC(CC(=O)C(C#N)c2c(Cl)cccc2Cl)C1. The monoisotopic (exact) mass is 325 g/mol. The molecule has 0 saturated heterocycles. The van der Waals surface area contributed by atoms with E-state index in [1.165, 1.54) is 0 Å². The number of hydrogen-bond acceptors (Lipinski definition) is 3. The zero-order chi connectivity index (χ0) is 15.4. The minimum absolute atomic E-state index is 0.118. The van der Waals surface area contributed by atoms with Crippen molar-refractivity contribution in [2.24, 2.45) is 5.92 Å². The number of carbonyl (C=O) groups excluding carboxylic acids is 1. The summed E-state index contributed by atoms with van der Waals surface area (Å²) in [6.07, 6.45) is 2.41. The third-order valence-electron chi connectivity index (χ3n) is 3.82. The summed E-state index contributed by atoms with van der Waals surface area (Å²) in [5.41, 5.74) is 0.425. The van der Waals surface area contributed by atoms with Gasteiger partial charge >= 0.3 is 0 Å². The summed E-state index contributed by atoms with van der Waals surface area (Å²) >= 11 is 12.2. The fourth-order valence-corrected chi connectivity index (χ4v) is 3.32. The molecule has 1 fully saturated rings. The number of ether oxygens (including phenoxy) is 1. The van der Waals surface area contributed by atoms with Crippen molar-refractivity contribution in [1.29, 1.82) is 5.26 Å². The van der Waals surface area contributed by atoms with Crippen LogP contribution < -0.4 is 0 Å². The van der Waals surface area contributed by atoms with Crippen molar-refractivity contribution in [3.05, 3.63) is 33.8 Å². The van der Waals surface area contributed by atoms with Gasteiger partial charge in [-0.25, -0.2) is 0 Å². The van der Waals surface area contributed by atoms with E-state index in [1.54, 1.807) is 18.2 Å². The Labute approximate surface area is 134 Å². The van der Waals surface area contributed by atoms with Crippen molar-refractivity contribution < 1.29 is 9.53 Å². The largest absolute Gasteiger partial charge is 0.378 e. The van der Waals surface area contributed by atoms with Crippen molar-refractivity contribution in [2.45, 2.75) is 38.2 Å². The molecule has 0 aliphatic heterocycles. The first-order valence-corrected chi connectivity index (χ1v) is 7.80. The van der Waals surface area contributed by atoms with Gasteiger partial charge in [0.25, 0.3) is 0 Å². The van der Waals surface area contributed by atoms with E-state index in [-0.39, 0.29) is 11.9 Å². The van der Waals surface area contributed by atoms with Crippen LogP contribution in [0.3, 0.4) is 0 Å². The summed E-state index contributed by atoms with van der Waals surface area (Å²) in [6.45, 7) is 2.66. The van der Waals surface area contributed by atoms with E-state index in [1.807, 2.05) is 13.0 Å². The molecule has 0 bridgehead atoms. The standard InChI is InChI=1S/C16H17Cl2NO2/c1-2-21-11-6-10(7-11)8-15(20)12(9-19)16-13(17)4-3-5-14(16)18/h3-5,10-12H,2,6-8H2,1H3. The Kier molecular flexibility index (Phi) is 5.64. The number of benzene rings is 1. The highest BCUT2D eigenvalue weighted by molar-refractivity contribution is 6.36. The average molecular weight is 326 g/mol. The number of hydrogen-bond donors (Lipinski definition) is 0. The van der Waals surface area contributed by atoms with E-state index in [4.69, 9.17) is 27.9 Å². The molecule has 1 atom stereocenters. The molecular formula is C16H17Cl2NO2. The molecule has 2 rings (SSSR count). The lowest BCUT2D eigenvalue weighted by Gasteiger charge is -2.34. The molecule has 0 amide bonds. The average Bonchev–Trinajstić information content (AvgIpc) is 2.40. The molecule has 5 heteroatoms. The number of carbonyl (C=O) groups is 1. The van der Waals surface area contributed by atoms with Gasteiger partial charge in [-0.1, -0.05) is 29.3 Å². The van der Waals surface area contributed by atoms with E-state index in [2.05, 4.69) is 0 Å². The Morgan fingerprint density at radius 3 is 2.57 bits per heavy atom. The molecule has 1 aromatic rings. The van der Waals surface area contributed by atoms with Crippen LogP contribution in [0.1, 0.15) is 37.7 Å². The molecular weight excluding hydrogens is 309 g/mol. The maximum Gasteiger partial charge on any atom is 0.154 e. The van der Waals surface area contributed by atoms with Gasteiger partial charge < -0.3 is 4.74 Å². The normalized spacial score (nSPS) is 22.2. The number of ketones is 1. The van der Waals surface area contributed by atoms with Crippen LogP contribution >= 0.6 is 23.2 Å². The first-order chi connectivity index (χ1) is 10.1. The summed E-state index contributed by atoms with van der Waals surface area (Å²) in [5.74, 6) is -0.712. The molecule has 0 spiro atoms. The molecule has 21 heavy (non-hydrogen) atoms. The second-order valence-corrected chi connectivity index (χ2v) is 6.10. The molecule has 0 heterocycles. The Balaban J connectivity index is 2.02. The Morgan fingerprint density at radius 2 is 2.05 bits per heavy atom. The second-order valence-electron chi connectivity index (χ2n) is 5.28. The van der Waals surface area contributed by atoms with Crippen LogP contribution in [-0.2, 0) is 9.53 Å². The van der Waals surface area contributed by atoms with Crippen LogP contribution in [0.5, 0.6) is 0 Å². The lowest BCUT2D eigenvalue weighted by atomic mass is 9.77. The summed E-state index contributed by atoms with van der Waals surface area (Å²) in [4.78, 5) is 12.4. The van der Waals surface area contributed by atoms with Gasteiger partial charge in [0.05, 0.1) is 12.2 Å². The van der Waals surface area contributed by atoms with E-state index in [9.17, 15) is 10.1 Å². The highest BCUT2D eigenvalue weighted by Crippen LogP contribution is 2.37. The molecule has 1 unspecified atom stereocenters. The summed E-state index contributed by atoms with van der Waals surface area (Å²) in [6, 6.07) is 7.04. The molecule has 1 aliphatic rings. The molecule has 0 N–H and O–H groups in total. The van der Waals surface area contributed by atoms with Crippen molar-refractivity contribution in [3.63, 3.8) is 0 Å². The van der Waals surface area contributed by atoms with Crippen molar-refractivity contribution in [3.8, 4) is 6.07 Å². The molecule has 0 radical (unpaired) electrons. The van der Waals surface area contributed by atoms with E-state index < -0.39 is 5.92 Å². The quantitative estimate of drug-likeness (QED) is 0.780. The maximum absolute atomic E-state index is 12.4. The third kappa shape index (κ3) is 3.77. The Hall–Kier alpha value is -1.08. The van der Waals surface area contributed by atoms with Crippen LogP contribution in [0.15, 0.2) is 18.2 Å². The number of Topliss-reactive ketones (excluding diaryl/α,β-unsaturated/α-hetero) is 1. The van der Waals surface area contributed by atoms with Crippen molar-refractivity contribution in [1.82, 2.24) is 0 Å².